The molecule has 0 unspecified atom stereocenters. The van der Waals surface area contributed by atoms with Crippen molar-refractivity contribution in [2.45, 2.75) is 17.0 Å². The second-order valence-electron chi connectivity index (χ2n) is 5.90. The van der Waals surface area contributed by atoms with Crippen LogP contribution in [0.4, 0.5) is 10.8 Å². The predicted molar refractivity (Wildman–Crippen MR) is 110 cm³/mol. The van der Waals surface area contributed by atoms with Crippen molar-refractivity contribution in [3.8, 4) is 17.2 Å². The summed E-state index contributed by atoms with van der Waals surface area (Å²) in [6, 6.07) is 15.6. The summed E-state index contributed by atoms with van der Waals surface area (Å²) in [4.78, 5) is 4.44. The smallest absolute Gasteiger partial charge is 0.257 e. The van der Waals surface area contributed by atoms with Crippen molar-refractivity contribution in [1.29, 1.82) is 0 Å². The number of thioether (sulfide) groups is 1. The van der Waals surface area contributed by atoms with Gasteiger partial charge in [-0.3, -0.25) is 0 Å². The fourth-order valence-corrected chi connectivity index (χ4v) is 3.98. The van der Waals surface area contributed by atoms with Crippen molar-refractivity contribution in [1.82, 2.24) is 20.3 Å². The number of ether oxygens (including phenoxy) is 1. The molecule has 0 saturated carbocycles. The topological polar surface area (TPSA) is 86.0 Å². The Morgan fingerprint density at radius 2 is 1.86 bits per heavy atom. The van der Waals surface area contributed by atoms with Crippen LogP contribution in [0.15, 0.2) is 57.4 Å². The first-order valence-corrected chi connectivity index (χ1v) is 10.3. The maximum absolute atomic E-state index is 5.35. The van der Waals surface area contributed by atoms with Gasteiger partial charge in [-0.25, -0.2) is 0 Å². The largest absolute Gasteiger partial charge is 0.497 e. The number of nitrogens with one attached hydrogen (secondary N) is 1. The first-order valence-electron chi connectivity index (χ1n) is 8.46. The van der Waals surface area contributed by atoms with Crippen molar-refractivity contribution >= 4 is 33.9 Å². The van der Waals surface area contributed by atoms with Crippen LogP contribution in [0.2, 0.25) is 0 Å². The normalized spacial score (nSPS) is 10.8. The summed E-state index contributed by atoms with van der Waals surface area (Å²) in [5.74, 6) is 2.43. The minimum absolute atomic E-state index is 0.484. The zero-order chi connectivity index (χ0) is 19.3. The quantitative estimate of drug-likeness (QED) is 0.428. The number of anilines is 2. The Morgan fingerprint density at radius 1 is 1.07 bits per heavy atom. The van der Waals surface area contributed by atoms with Gasteiger partial charge in [-0.2, -0.15) is 4.98 Å². The standard InChI is InChI=1S/C19H17N5O2S2/c1-12-3-7-14(8-4-12)20-18-22-23-19(28-18)27-11-16-21-17(26-24-16)13-5-9-15(25-2)10-6-13/h3-10H,11H2,1-2H3,(H,20,22). The van der Waals surface area contributed by atoms with Gasteiger partial charge in [-0.15, -0.1) is 10.2 Å². The third-order valence-electron chi connectivity index (χ3n) is 3.84. The Morgan fingerprint density at radius 3 is 2.61 bits per heavy atom. The van der Waals surface area contributed by atoms with Crippen molar-refractivity contribution in [3.05, 3.63) is 59.9 Å². The molecule has 0 aliphatic heterocycles. The van der Waals surface area contributed by atoms with E-state index in [0.29, 0.717) is 17.5 Å². The van der Waals surface area contributed by atoms with Gasteiger partial charge < -0.3 is 14.6 Å². The average Bonchev–Trinajstić information content (AvgIpc) is 3.38. The van der Waals surface area contributed by atoms with Gasteiger partial charge in [-0.05, 0) is 43.3 Å². The molecule has 142 valence electrons. The van der Waals surface area contributed by atoms with Crippen LogP contribution < -0.4 is 10.1 Å². The van der Waals surface area contributed by atoms with Crippen LogP contribution in [-0.4, -0.2) is 27.4 Å². The minimum Gasteiger partial charge on any atom is -0.497 e. The number of nitrogens with zero attached hydrogens (tertiary/aromatic N) is 4. The maximum atomic E-state index is 5.35. The van der Waals surface area contributed by atoms with E-state index in [1.165, 1.54) is 28.7 Å². The first kappa shape index (κ1) is 18.5. The molecule has 0 atom stereocenters. The molecule has 2 aromatic carbocycles. The van der Waals surface area contributed by atoms with E-state index >= 15 is 0 Å². The Labute approximate surface area is 170 Å². The monoisotopic (exact) mass is 411 g/mol. The second-order valence-corrected chi connectivity index (χ2v) is 8.10. The fraction of sp³-hybridized carbons (Fsp3) is 0.158. The van der Waals surface area contributed by atoms with Gasteiger partial charge >= 0.3 is 0 Å². The Kier molecular flexibility index (Phi) is 5.54. The van der Waals surface area contributed by atoms with Crippen molar-refractivity contribution in [3.63, 3.8) is 0 Å². The van der Waals surface area contributed by atoms with Crippen LogP contribution in [0, 0.1) is 6.92 Å². The molecule has 4 aromatic rings. The minimum atomic E-state index is 0.484. The molecular weight excluding hydrogens is 394 g/mol. The molecule has 0 aliphatic rings. The van der Waals surface area contributed by atoms with E-state index in [4.69, 9.17) is 9.26 Å². The van der Waals surface area contributed by atoms with Crippen molar-refractivity contribution < 1.29 is 9.26 Å². The lowest BCUT2D eigenvalue weighted by Gasteiger charge is -2.01. The number of aryl methyl sites for hydroxylation is 1. The van der Waals surface area contributed by atoms with E-state index in [9.17, 15) is 0 Å². The highest BCUT2D eigenvalue weighted by atomic mass is 32.2. The van der Waals surface area contributed by atoms with Gasteiger partial charge in [0.05, 0.1) is 12.9 Å². The van der Waals surface area contributed by atoms with E-state index < -0.39 is 0 Å². The number of hydrogen-bond donors (Lipinski definition) is 1. The SMILES string of the molecule is COc1ccc(-c2nc(CSc3nnc(Nc4ccc(C)cc4)s3)no2)cc1. The number of rotatable bonds is 7. The summed E-state index contributed by atoms with van der Waals surface area (Å²) in [6.07, 6.45) is 0. The number of hydrogen-bond acceptors (Lipinski definition) is 9. The van der Waals surface area contributed by atoms with Crippen molar-refractivity contribution in [2.75, 3.05) is 12.4 Å². The predicted octanol–water partition coefficient (Wildman–Crippen LogP) is 4.94. The molecule has 0 spiro atoms. The fourth-order valence-electron chi connectivity index (χ4n) is 2.37. The molecule has 1 N–H and O–H groups in total. The summed E-state index contributed by atoms with van der Waals surface area (Å²) in [5.41, 5.74) is 3.05. The van der Waals surface area contributed by atoms with Gasteiger partial charge in [0.1, 0.15) is 5.75 Å². The summed E-state index contributed by atoms with van der Waals surface area (Å²) < 4.78 is 11.3. The molecule has 2 aromatic heterocycles. The third kappa shape index (κ3) is 4.49. The van der Waals surface area contributed by atoms with E-state index in [2.05, 4.69) is 44.7 Å². The van der Waals surface area contributed by atoms with Crippen LogP contribution in [0.25, 0.3) is 11.5 Å². The third-order valence-corrected chi connectivity index (χ3v) is 5.81. The van der Waals surface area contributed by atoms with E-state index in [0.717, 1.165) is 26.5 Å². The Balaban J connectivity index is 1.35. The highest BCUT2D eigenvalue weighted by Gasteiger charge is 2.11. The molecule has 9 heteroatoms. The molecule has 4 rings (SSSR count). The van der Waals surface area contributed by atoms with E-state index in [1.54, 1.807) is 7.11 Å². The zero-order valence-electron chi connectivity index (χ0n) is 15.2. The number of methoxy groups -OCH3 is 1. The van der Waals surface area contributed by atoms with Crippen LogP contribution in [0.3, 0.4) is 0 Å². The summed E-state index contributed by atoms with van der Waals surface area (Å²) in [7, 11) is 1.63. The molecular formula is C19H17N5O2S2. The van der Waals surface area contributed by atoms with Crippen LogP contribution >= 0.6 is 23.1 Å². The summed E-state index contributed by atoms with van der Waals surface area (Å²) in [5, 5.41) is 16.4. The molecule has 28 heavy (non-hydrogen) atoms. The van der Waals surface area contributed by atoms with Gasteiger partial charge in [0.25, 0.3) is 5.89 Å². The van der Waals surface area contributed by atoms with Crippen LogP contribution in [0.1, 0.15) is 11.4 Å². The highest BCUT2D eigenvalue weighted by Crippen LogP contribution is 2.30. The Hall–Kier alpha value is -2.91. The van der Waals surface area contributed by atoms with Gasteiger partial charge in [-0.1, -0.05) is 46.0 Å². The van der Waals surface area contributed by atoms with Gasteiger partial charge in [0.2, 0.25) is 5.13 Å². The van der Waals surface area contributed by atoms with E-state index in [1.807, 2.05) is 36.4 Å². The van der Waals surface area contributed by atoms with Crippen molar-refractivity contribution in [2.24, 2.45) is 0 Å². The molecule has 0 aliphatic carbocycles. The molecule has 0 saturated heterocycles. The lowest BCUT2D eigenvalue weighted by molar-refractivity contribution is 0.414. The molecule has 0 bridgehead atoms. The zero-order valence-corrected chi connectivity index (χ0v) is 16.9. The highest BCUT2D eigenvalue weighted by molar-refractivity contribution is 8.00. The molecule has 2 heterocycles. The second kappa shape index (κ2) is 8.41. The molecule has 7 nitrogen and oxygen atoms in total. The maximum Gasteiger partial charge on any atom is 0.257 e. The first-order chi connectivity index (χ1) is 13.7. The molecule has 0 amide bonds. The molecule has 0 fully saturated rings. The molecule has 0 radical (unpaired) electrons. The van der Waals surface area contributed by atoms with Gasteiger partial charge in [0.15, 0.2) is 10.2 Å². The lowest BCUT2D eigenvalue weighted by Crippen LogP contribution is -1.88. The summed E-state index contributed by atoms with van der Waals surface area (Å²) >= 11 is 3.01. The Bertz CT molecular complexity index is 1040. The number of benzene rings is 2. The van der Waals surface area contributed by atoms with Gasteiger partial charge in [0, 0.05) is 11.3 Å². The lowest BCUT2D eigenvalue weighted by atomic mass is 10.2. The van der Waals surface area contributed by atoms with E-state index in [-0.39, 0.29) is 0 Å². The number of aromatic nitrogens is 4. The van der Waals surface area contributed by atoms with Crippen LogP contribution in [-0.2, 0) is 5.75 Å². The summed E-state index contributed by atoms with van der Waals surface area (Å²) in [6.45, 7) is 2.06. The van der Waals surface area contributed by atoms with Crippen LogP contribution in [0.5, 0.6) is 5.75 Å². The average molecular weight is 412 g/mol.